The molecule has 5 aliphatic heterocycles. The molecule has 0 spiro atoms. The first kappa shape index (κ1) is 88.6. The van der Waals surface area contributed by atoms with Gasteiger partial charge in [-0.2, -0.15) is 0 Å². The zero-order valence-corrected chi connectivity index (χ0v) is 75.6. The summed E-state index contributed by atoms with van der Waals surface area (Å²) in [6.07, 6.45) is 12.4. The molecule has 21 rings (SSSR count). The van der Waals surface area contributed by atoms with Gasteiger partial charge in [0.15, 0.2) is 17.1 Å². The van der Waals surface area contributed by atoms with Crippen LogP contribution in [0.4, 0.5) is 45.5 Å². The van der Waals surface area contributed by atoms with Gasteiger partial charge < -0.3 is 24.9 Å². The highest BCUT2D eigenvalue weighted by Gasteiger charge is 2.41. The number of anilines is 5. The molecule has 1 aliphatic carbocycles. The Hall–Kier alpha value is -13.4. The van der Waals surface area contributed by atoms with Crippen molar-refractivity contribution >= 4 is 196 Å². The maximum atomic E-state index is 13.6. The smallest absolute Gasteiger partial charge is 0.265 e. The Labute approximate surface area is 763 Å². The minimum Gasteiger partial charge on any atom is -0.329 e. The third-order valence-corrected chi connectivity index (χ3v) is 33.8. The van der Waals surface area contributed by atoms with E-state index < -0.39 is 55.7 Å². The molecule has 15 aromatic rings. The first-order chi connectivity index (χ1) is 62.1. The molecule has 10 aromatic carbocycles. The summed E-state index contributed by atoms with van der Waals surface area (Å²) in [5.74, 6) is 0.439. The summed E-state index contributed by atoms with van der Waals surface area (Å²) in [7, 11) is -19.4. The van der Waals surface area contributed by atoms with Crippen molar-refractivity contribution in [2.45, 2.75) is 89.2 Å². The van der Waals surface area contributed by atoms with E-state index in [1.54, 1.807) is 121 Å². The number of aryl methyl sites for hydroxylation is 2. The van der Waals surface area contributed by atoms with E-state index in [9.17, 15) is 66.1 Å². The third-order valence-electron chi connectivity index (χ3n) is 23.6. The summed E-state index contributed by atoms with van der Waals surface area (Å²) in [6.45, 7) is 27.2. The molecule has 656 valence electrons. The van der Waals surface area contributed by atoms with Gasteiger partial charge in [0.25, 0.3) is 77.9 Å². The molecule has 5 aromatic heterocycles. The van der Waals surface area contributed by atoms with Crippen molar-refractivity contribution in [1.82, 2.24) is 24.9 Å². The minimum absolute atomic E-state index is 0.00826. The Morgan fingerprint density at radius 3 is 1.03 bits per heavy atom. The van der Waals surface area contributed by atoms with Crippen molar-refractivity contribution in [2.75, 3.05) is 54.2 Å². The molecule has 28 nitrogen and oxygen atoms in total. The highest BCUT2D eigenvalue weighted by atomic mass is 35.5. The number of hydrogen-bond acceptors (Lipinski definition) is 15. The summed E-state index contributed by atoms with van der Waals surface area (Å²) in [6, 6.07) is 48.5. The van der Waals surface area contributed by atoms with Gasteiger partial charge in [-0.3, -0.25) is 45.5 Å². The number of fused-ring (bicyclic) bond motifs is 10. The predicted molar refractivity (Wildman–Crippen MR) is 507 cm³/mol. The maximum absolute atomic E-state index is 13.6. The number of pyridine rings is 5. The number of H-pyrrole nitrogens is 5. The summed E-state index contributed by atoms with van der Waals surface area (Å²) < 4.78 is 141. The van der Waals surface area contributed by atoms with E-state index in [1.165, 1.54) is 95.0 Å². The van der Waals surface area contributed by atoms with Crippen molar-refractivity contribution in [3.63, 3.8) is 0 Å². The second-order valence-electron chi connectivity index (χ2n) is 31.3. The van der Waals surface area contributed by atoms with Crippen molar-refractivity contribution in [3.8, 4) is 0 Å². The minimum atomic E-state index is -3.95. The quantitative estimate of drug-likeness (QED) is 0.0751. The summed E-state index contributed by atoms with van der Waals surface area (Å²) in [4.78, 5) is 83.6. The number of nitrogens with one attached hydrogen (secondary N) is 5. The van der Waals surface area contributed by atoms with E-state index >= 15 is 0 Å². The van der Waals surface area contributed by atoms with Crippen LogP contribution >= 0.6 is 46.4 Å². The van der Waals surface area contributed by atoms with Gasteiger partial charge in [0, 0.05) is 155 Å². The molecule has 6 aliphatic rings. The molecule has 0 atom stereocenters. The SMILES string of the molecule is Cc1cc(Cl)cc2c1CCN2S(=O)(=O)c1cccc2c(=O)[nH]ccc12.O=c1[nH]ccc2c(S(=O)(=O)N3CCc4ccc(Cl)cc43)cc(Cl)cc12.[C-]#[N+]c1cc(C)c2c(c1)N(S(=O)(=O)c1cccc3c(=O)[nH]ccc13)CC2.[C-]#[N+]c1cc(C2CC2)c2c(c1)N(S(=O)(=O)c1cccc3c(=O)[nH]ccc13)CC2.[C-]#[N+]c1ccc2c(c1)N(S(=O)(=O)c1cc(Cl)cc3c(=O)[nH]ccc13)CC2. The van der Waals surface area contributed by atoms with Crippen molar-refractivity contribution in [2.24, 2.45) is 0 Å². The number of aromatic amines is 5. The monoisotopic (exact) mass is 1910 g/mol. The van der Waals surface area contributed by atoms with Crippen LogP contribution in [0.1, 0.15) is 63.3 Å². The van der Waals surface area contributed by atoms with Crippen LogP contribution in [0.15, 0.2) is 261 Å². The molecule has 1 saturated carbocycles. The van der Waals surface area contributed by atoms with E-state index in [-0.39, 0.29) is 74.1 Å². The van der Waals surface area contributed by atoms with Crippen LogP contribution in [0.3, 0.4) is 0 Å². The van der Waals surface area contributed by atoms with Gasteiger partial charge in [-0.1, -0.05) is 100 Å². The fraction of sp³-hybridized carbons (Fsp3) is 0.161. The number of rotatable bonds is 11. The van der Waals surface area contributed by atoms with Gasteiger partial charge in [-0.05, 0) is 237 Å². The van der Waals surface area contributed by atoms with Gasteiger partial charge in [0.05, 0.1) is 55.6 Å². The first-order valence-electron chi connectivity index (χ1n) is 40.3. The van der Waals surface area contributed by atoms with Crippen LogP contribution in [0, 0.1) is 33.6 Å². The van der Waals surface area contributed by atoms with Gasteiger partial charge in [-0.25, -0.2) is 56.6 Å². The Kier molecular flexibility index (Phi) is 23.6. The Morgan fingerprint density at radius 1 is 0.300 bits per heavy atom. The lowest BCUT2D eigenvalue weighted by atomic mass is 10.00. The lowest BCUT2D eigenvalue weighted by molar-refractivity contribution is 0.591. The van der Waals surface area contributed by atoms with Crippen LogP contribution in [-0.4, -0.2) is 99.7 Å². The predicted octanol–water partition coefficient (Wildman–Crippen LogP) is 17.2. The average molecular weight is 1910 g/mol. The Balaban J connectivity index is 0.000000114. The van der Waals surface area contributed by atoms with Crippen LogP contribution in [-0.2, 0) is 82.2 Å². The van der Waals surface area contributed by atoms with Crippen LogP contribution in [0.25, 0.3) is 68.4 Å². The molecular weight excluding hydrogens is 1840 g/mol. The largest absolute Gasteiger partial charge is 0.329 e. The number of sulfonamides is 5. The van der Waals surface area contributed by atoms with Crippen LogP contribution in [0.2, 0.25) is 20.1 Å². The zero-order chi connectivity index (χ0) is 91.9. The maximum Gasteiger partial charge on any atom is 0.265 e. The number of benzene rings is 10. The number of aromatic nitrogens is 5. The second-order valence-corrected chi connectivity index (χ2v) is 42.2. The van der Waals surface area contributed by atoms with E-state index in [0.29, 0.717) is 163 Å². The molecule has 0 amide bonds. The highest BCUT2D eigenvalue weighted by Crippen LogP contribution is 2.50. The fourth-order valence-electron chi connectivity index (χ4n) is 17.4. The molecular formula is C93H71Cl4N13O15S5. The van der Waals surface area contributed by atoms with Crippen LogP contribution in [0.5, 0.6) is 0 Å². The molecule has 5 N–H and O–H groups in total. The van der Waals surface area contributed by atoms with Crippen LogP contribution < -0.4 is 49.3 Å². The lowest BCUT2D eigenvalue weighted by Crippen LogP contribution is -2.29. The number of hydrogen-bond donors (Lipinski definition) is 5. The Bertz CT molecular complexity index is 8460. The standard InChI is InChI=1S/C21H17N3O3S.C19H15N3O3S.C18H12ClN3O3S.C18H15ClN2O3S.C17H12Cl2N2O3S/c1-22-14-11-18(13-5-6-13)15-8-10-24(19(15)12-14)28(26,27)20-4-2-3-17-16(20)7-9-23-21(17)25;1-12-10-13(20-2)11-17-14(12)7-9-22(17)26(24,25)18-5-3-4-16-15(18)6-8-21-19(16)23;1-20-13-3-2-11-5-7-22(16(11)10-13)26(24,25)17-9-12(19)8-15-14(17)4-6-21-18(15)23;1-11-9-12(19)10-16-13(11)6-8-21(16)25(23,24)17-4-2-3-15-14(17)5-7-20-18(15)22;18-11-2-1-10-4-6-21(15(10)8-11)25(23,24)16-9-12(19)7-14-13(16)3-5-20-17(14)22/h2-4,7,9,11-13H,5-6,8,10H2,(H,23,25);3-6,8,10-11H,7,9H2,1H3,(H,21,23);2-4,6,8-10H,5,7H2,(H,21,23);2-5,7,9-10H,6,8H2,1H3,(H,20,22);1-3,5,7-9H,4,6H2,(H,20,22). The van der Waals surface area contributed by atoms with Crippen molar-refractivity contribution in [1.29, 1.82) is 0 Å². The van der Waals surface area contributed by atoms with Gasteiger partial charge in [0.1, 0.15) is 0 Å². The van der Waals surface area contributed by atoms with E-state index in [2.05, 4.69) is 39.5 Å². The van der Waals surface area contributed by atoms with Gasteiger partial charge >= 0.3 is 0 Å². The summed E-state index contributed by atoms with van der Waals surface area (Å²) >= 11 is 24.3. The highest BCUT2D eigenvalue weighted by molar-refractivity contribution is 7.94. The molecule has 10 heterocycles. The Morgan fingerprint density at radius 2 is 0.615 bits per heavy atom. The van der Waals surface area contributed by atoms with Gasteiger partial charge in [0.2, 0.25) is 0 Å². The average Bonchev–Trinajstić information content (AvgIpc) is 1.58. The summed E-state index contributed by atoms with van der Waals surface area (Å²) in [5, 5.41) is 4.67. The van der Waals surface area contributed by atoms with Crippen molar-refractivity contribution < 1.29 is 42.1 Å². The third kappa shape index (κ3) is 16.2. The van der Waals surface area contributed by atoms with E-state index in [1.807, 2.05) is 32.0 Å². The second kappa shape index (κ2) is 34.6. The summed E-state index contributed by atoms with van der Waals surface area (Å²) in [5.41, 5.74) is 10.1. The molecule has 0 radical (unpaired) electrons. The van der Waals surface area contributed by atoms with Crippen molar-refractivity contribution in [3.05, 3.63) is 364 Å². The molecule has 1 fully saturated rings. The zero-order valence-electron chi connectivity index (χ0n) is 68.5. The molecule has 37 heteroatoms. The molecule has 0 unspecified atom stereocenters. The number of halogens is 4. The molecule has 130 heavy (non-hydrogen) atoms. The molecule has 0 saturated heterocycles. The normalized spacial score (nSPS) is 14.3. The van der Waals surface area contributed by atoms with Gasteiger partial charge in [-0.15, -0.1) is 0 Å². The molecule has 0 bridgehead atoms. The van der Waals surface area contributed by atoms with E-state index in [4.69, 9.17) is 66.1 Å². The van der Waals surface area contributed by atoms with E-state index in [0.717, 1.165) is 57.3 Å². The first-order valence-corrected chi connectivity index (χ1v) is 49.0. The number of nitrogens with zero attached hydrogens (tertiary/aromatic N) is 8. The lowest BCUT2D eigenvalue weighted by Gasteiger charge is -2.21. The fourth-order valence-corrected chi connectivity index (χ4v) is 26.9. The topological polar surface area (TPSA) is 364 Å².